The van der Waals surface area contributed by atoms with Crippen LogP contribution in [-0.2, 0) is 10.0 Å². The van der Waals surface area contributed by atoms with Gasteiger partial charge in [-0.25, -0.2) is 13.1 Å². The van der Waals surface area contributed by atoms with E-state index >= 15 is 0 Å². The molecule has 0 aliphatic rings. The first-order valence-electron chi connectivity index (χ1n) is 7.90. The van der Waals surface area contributed by atoms with Gasteiger partial charge < -0.3 is 10.6 Å². The summed E-state index contributed by atoms with van der Waals surface area (Å²) >= 11 is 0. The van der Waals surface area contributed by atoms with Crippen LogP contribution in [0.1, 0.15) is 30.6 Å². The highest BCUT2D eigenvalue weighted by Gasteiger charge is 2.17. The summed E-state index contributed by atoms with van der Waals surface area (Å²) in [6, 6.07) is 5.93. The Hall–Kier alpha value is -1.70. The van der Waals surface area contributed by atoms with Crippen molar-refractivity contribution in [2.45, 2.75) is 31.2 Å². The zero-order valence-electron chi connectivity index (χ0n) is 14.5. The highest BCUT2D eigenvalue weighted by molar-refractivity contribution is 7.89. The van der Waals surface area contributed by atoms with Crippen molar-refractivity contribution in [2.75, 3.05) is 20.1 Å². The quantitative estimate of drug-likeness (QED) is 0.660. The van der Waals surface area contributed by atoms with E-state index in [9.17, 15) is 13.2 Å². The first kappa shape index (κ1) is 20.3. The SMILES string of the molecule is C=CCNS(=O)(=O)c1ccc(C(=O)N(C)CCC(N)C(C)C)cc1. The van der Waals surface area contributed by atoms with Gasteiger partial charge in [-0.1, -0.05) is 19.9 Å². The van der Waals surface area contributed by atoms with Crippen molar-refractivity contribution in [1.29, 1.82) is 0 Å². The highest BCUT2D eigenvalue weighted by Crippen LogP contribution is 2.12. The Kier molecular flexibility index (Phi) is 7.59. The van der Waals surface area contributed by atoms with E-state index in [1.807, 2.05) is 13.8 Å². The smallest absolute Gasteiger partial charge is 0.253 e. The molecule has 0 spiro atoms. The molecule has 134 valence electrons. The molecule has 6 nitrogen and oxygen atoms in total. The zero-order chi connectivity index (χ0) is 18.3. The Morgan fingerprint density at radius 1 is 1.33 bits per heavy atom. The normalized spacial score (nSPS) is 12.9. The van der Waals surface area contributed by atoms with Gasteiger partial charge in [-0.2, -0.15) is 0 Å². The molecule has 0 aromatic heterocycles. The monoisotopic (exact) mass is 353 g/mol. The van der Waals surface area contributed by atoms with Gasteiger partial charge in [0, 0.05) is 31.7 Å². The van der Waals surface area contributed by atoms with Crippen LogP contribution in [0.3, 0.4) is 0 Å². The number of rotatable bonds is 9. The first-order valence-corrected chi connectivity index (χ1v) is 9.39. The van der Waals surface area contributed by atoms with Gasteiger partial charge >= 0.3 is 0 Å². The summed E-state index contributed by atoms with van der Waals surface area (Å²) in [5.74, 6) is 0.204. The van der Waals surface area contributed by atoms with Crippen molar-refractivity contribution in [3.8, 4) is 0 Å². The van der Waals surface area contributed by atoms with Crippen molar-refractivity contribution in [3.05, 3.63) is 42.5 Å². The van der Waals surface area contributed by atoms with Crippen LogP contribution in [0.25, 0.3) is 0 Å². The van der Waals surface area contributed by atoms with Crippen molar-refractivity contribution in [2.24, 2.45) is 11.7 Å². The second-order valence-electron chi connectivity index (χ2n) is 6.09. The zero-order valence-corrected chi connectivity index (χ0v) is 15.3. The third-order valence-electron chi connectivity index (χ3n) is 3.83. The molecule has 0 saturated heterocycles. The number of hydrogen-bond acceptors (Lipinski definition) is 4. The number of hydrogen-bond donors (Lipinski definition) is 2. The average Bonchev–Trinajstić information content (AvgIpc) is 2.56. The largest absolute Gasteiger partial charge is 0.342 e. The fourth-order valence-corrected chi connectivity index (χ4v) is 3.02. The van der Waals surface area contributed by atoms with Gasteiger partial charge in [0.25, 0.3) is 5.91 Å². The molecule has 1 atom stereocenters. The lowest BCUT2D eigenvalue weighted by molar-refractivity contribution is 0.0789. The third kappa shape index (κ3) is 5.74. The van der Waals surface area contributed by atoms with E-state index in [-0.39, 0.29) is 23.4 Å². The van der Waals surface area contributed by atoms with Gasteiger partial charge in [0.15, 0.2) is 0 Å². The van der Waals surface area contributed by atoms with E-state index in [1.54, 1.807) is 11.9 Å². The molecule has 3 N–H and O–H groups in total. The van der Waals surface area contributed by atoms with Gasteiger partial charge in [0.05, 0.1) is 4.90 Å². The Balaban J connectivity index is 2.74. The molecule has 0 radical (unpaired) electrons. The standard InChI is InChI=1S/C17H27N3O3S/c1-5-11-19-24(22,23)15-8-6-14(7-9-15)17(21)20(4)12-10-16(18)13(2)3/h5-9,13,16,19H,1,10-12,18H2,2-4H3. The minimum absolute atomic E-state index is 0.0451. The van der Waals surface area contributed by atoms with Crippen molar-refractivity contribution >= 4 is 15.9 Å². The number of sulfonamides is 1. The predicted octanol–water partition coefficient (Wildman–Crippen LogP) is 1.60. The number of carbonyl (C=O) groups is 1. The number of amides is 1. The summed E-state index contributed by atoms with van der Waals surface area (Å²) in [5.41, 5.74) is 6.44. The van der Waals surface area contributed by atoms with Gasteiger partial charge in [-0.3, -0.25) is 4.79 Å². The summed E-state index contributed by atoms with van der Waals surface area (Å²) in [5, 5.41) is 0. The Bertz CT molecular complexity index is 654. The molecule has 0 saturated carbocycles. The second-order valence-corrected chi connectivity index (χ2v) is 7.86. The maximum absolute atomic E-state index is 12.4. The molecule has 0 bridgehead atoms. The van der Waals surface area contributed by atoms with Crippen LogP contribution in [0.15, 0.2) is 41.8 Å². The second kappa shape index (κ2) is 8.96. The van der Waals surface area contributed by atoms with Crippen LogP contribution in [0, 0.1) is 5.92 Å². The molecule has 0 fully saturated rings. The van der Waals surface area contributed by atoms with Crippen molar-refractivity contribution < 1.29 is 13.2 Å². The van der Waals surface area contributed by atoms with Gasteiger partial charge in [0.2, 0.25) is 10.0 Å². The predicted molar refractivity (Wildman–Crippen MR) is 96.2 cm³/mol. The number of nitrogens with one attached hydrogen (secondary N) is 1. The fraction of sp³-hybridized carbons (Fsp3) is 0.471. The van der Waals surface area contributed by atoms with E-state index in [0.29, 0.717) is 18.0 Å². The van der Waals surface area contributed by atoms with Crippen LogP contribution in [0.2, 0.25) is 0 Å². The lowest BCUT2D eigenvalue weighted by Gasteiger charge is -2.21. The molecule has 0 heterocycles. The molecule has 1 aromatic rings. The molecule has 1 amide bonds. The molecule has 1 rings (SSSR count). The fourth-order valence-electron chi connectivity index (χ4n) is 2.03. The Morgan fingerprint density at radius 3 is 2.42 bits per heavy atom. The Morgan fingerprint density at radius 2 is 1.92 bits per heavy atom. The highest BCUT2D eigenvalue weighted by atomic mass is 32.2. The molecular formula is C17H27N3O3S. The van der Waals surface area contributed by atoms with Crippen molar-refractivity contribution in [3.63, 3.8) is 0 Å². The van der Waals surface area contributed by atoms with Gasteiger partial charge in [0.1, 0.15) is 0 Å². The lowest BCUT2D eigenvalue weighted by Crippen LogP contribution is -2.34. The van der Waals surface area contributed by atoms with E-state index in [2.05, 4.69) is 11.3 Å². The van der Waals surface area contributed by atoms with E-state index < -0.39 is 10.0 Å². The average molecular weight is 353 g/mol. The van der Waals surface area contributed by atoms with Crippen LogP contribution in [0.4, 0.5) is 0 Å². The number of nitrogens with two attached hydrogens (primary N) is 1. The maximum atomic E-state index is 12.4. The first-order chi connectivity index (χ1) is 11.2. The molecule has 24 heavy (non-hydrogen) atoms. The van der Waals surface area contributed by atoms with Crippen LogP contribution >= 0.6 is 0 Å². The van der Waals surface area contributed by atoms with Crippen LogP contribution in [0.5, 0.6) is 0 Å². The summed E-state index contributed by atoms with van der Waals surface area (Å²) in [7, 11) is -1.86. The third-order valence-corrected chi connectivity index (χ3v) is 5.27. The Labute approximate surface area is 144 Å². The minimum atomic E-state index is -3.58. The topological polar surface area (TPSA) is 92.5 Å². The van der Waals surface area contributed by atoms with Gasteiger partial charge in [-0.15, -0.1) is 6.58 Å². The minimum Gasteiger partial charge on any atom is -0.342 e. The number of carbonyl (C=O) groups excluding carboxylic acids is 1. The van der Waals surface area contributed by atoms with Crippen LogP contribution in [-0.4, -0.2) is 45.4 Å². The summed E-state index contributed by atoms with van der Waals surface area (Å²) in [4.78, 5) is 14.1. The number of nitrogens with zero attached hydrogens (tertiary/aromatic N) is 1. The van der Waals surface area contributed by atoms with Crippen LogP contribution < -0.4 is 10.5 Å². The molecule has 1 unspecified atom stereocenters. The molecule has 1 aromatic carbocycles. The number of benzene rings is 1. The molecule has 0 aliphatic carbocycles. The molecular weight excluding hydrogens is 326 g/mol. The molecule has 7 heteroatoms. The summed E-state index contributed by atoms with van der Waals surface area (Å²) < 4.78 is 26.3. The van der Waals surface area contributed by atoms with E-state index in [4.69, 9.17) is 5.73 Å². The van der Waals surface area contributed by atoms with E-state index in [0.717, 1.165) is 6.42 Å². The maximum Gasteiger partial charge on any atom is 0.253 e. The summed E-state index contributed by atoms with van der Waals surface area (Å²) in [6.45, 7) is 8.27. The molecule has 0 aliphatic heterocycles. The summed E-state index contributed by atoms with van der Waals surface area (Å²) in [6.07, 6.45) is 2.18. The lowest BCUT2D eigenvalue weighted by atomic mass is 10.0. The van der Waals surface area contributed by atoms with Gasteiger partial charge in [-0.05, 0) is 36.6 Å². The van der Waals surface area contributed by atoms with Crippen molar-refractivity contribution in [1.82, 2.24) is 9.62 Å². The van der Waals surface area contributed by atoms with E-state index in [1.165, 1.54) is 30.3 Å².